The smallest absolute Gasteiger partial charge is 0.431 e. The first-order valence-corrected chi connectivity index (χ1v) is 11.6. The first kappa shape index (κ1) is 26.5. The van der Waals surface area contributed by atoms with Gasteiger partial charge in [0.1, 0.15) is 29.1 Å². The Morgan fingerprint density at radius 2 is 1.84 bits per heavy atom. The van der Waals surface area contributed by atoms with Crippen molar-refractivity contribution < 1.29 is 41.3 Å². The number of carboxylic acids is 1. The lowest BCUT2D eigenvalue weighted by molar-refractivity contribution is -0.137. The minimum Gasteiger partial charge on any atom is -0.497 e. The second-order valence-electron chi connectivity index (χ2n) is 9.00. The Morgan fingerprint density at radius 1 is 1.16 bits per heavy atom. The van der Waals surface area contributed by atoms with Gasteiger partial charge in [-0.05, 0) is 36.4 Å². The fourth-order valence-electron chi connectivity index (χ4n) is 4.63. The van der Waals surface area contributed by atoms with Crippen LogP contribution in [-0.4, -0.2) is 61.5 Å². The van der Waals surface area contributed by atoms with Gasteiger partial charge in [0.2, 0.25) is 0 Å². The molecule has 12 heteroatoms. The molecule has 200 valence electrons. The van der Waals surface area contributed by atoms with Gasteiger partial charge in [-0.1, -0.05) is 6.92 Å². The molecule has 2 aliphatic rings. The van der Waals surface area contributed by atoms with Gasteiger partial charge in [0.15, 0.2) is 6.17 Å². The first-order chi connectivity index (χ1) is 17.5. The number of aliphatic carboxylic acids is 1. The Balaban J connectivity index is 1.44. The molecule has 4 rings (SSSR count). The van der Waals surface area contributed by atoms with E-state index in [1.165, 1.54) is 56.5 Å². The van der Waals surface area contributed by atoms with Crippen LogP contribution in [0.4, 0.5) is 33.3 Å². The minimum atomic E-state index is -4.69. The van der Waals surface area contributed by atoms with Crippen LogP contribution in [-0.2, 0) is 4.79 Å². The summed E-state index contributed by atoms with van der Waals surface area (Å²) >= 11 is 0. The number of carbonyl (C=O) groups is 1. The molecule has 0 spiro atoms. The SMILES string of the molecule is COc1ccc(F)c(N2CC[C@H](Oc3ccc(N4N=C(C(F)(F)F)[C@@H](C)[C@@H]4CC(=O)O)cc3)[C@@H](F)C2)c1. The number of hydrazone groups is 1. The summed E-state index contributed by atoms with van der Waals surface area (Å²) in [6, 6.07) is 9.08. The molecule has 0 aromatic heterocycles. The molecule has 1 fully saturated rings. The van der Waals surface area contributed by atoms with Gasteiger partial charge in [-0.25, -0.2) is 8.78 Å². The van der Waals surface area contributed by atoms with E-state index in [-0.39, 0.29) is 24.3 Å². The lowest BCUT2D eigenvalue weighted by Crippen LogP contribution is -2.47. The number of ether oxygens (including phenoxy) is 2. The highest BCUT2D eigenvalue weighted by Crippen LogP contribution is 2.37. The number of benzene rings is 2. The normalized spacial score (nSPS) is 24.1. The number of methoxy groups -OCH3 is 1. The molecule has 37 heavy (non-hydrogen) atoms. The topological polar surface area (TPSA) is 74.6 Å². The molecule has 2 aliphatic heterocycles. The summed E-state index contributed by atoms with van der Waals surface area (Å²) in [5, 5.41) is 13.9. The quantitative estimate of drug-likeness (QED) is 0.509. The summed E-state index contributed by atoms with van der Waals surface area (Å²) in [5.41, 5.74) is -0.553. The van der Waals surface area contributed by atoms with Crippen LogP contribution in [0, 0.1) is 11.7 Å². The van der Waals surface area contributed by atoms with Crippen molar-refractivity contribution in [2.45, 2.75) is 44.3 Å². The molecular formula is C25H26F5N3O4. The zero-order valence-electron chi connectivity index (χ0n) is 20.1. The van der Waals surface area contributed by atoms with Crippen molar-refractivity contribution in [2.75, 3.05) is 30.1 Å². The van der Waals surface area contributed by atoms with E-state index in [4.69, 9.17) is 9.47 Å². The average Bonchev–Trinajstić information content (AvgIpc) is 3.17. The molecular weight excluding hydrogens is 501 g/mol. The lowest BCUT2D eigenvalue weighted by Gasteiger charge is -2.36. The van der Waals surface area contributed by atoms with Crippen molar-refractivity contribution in [3.63, 3.8) is 0 Å². The summed E-state index contributed by atoms with van der Waals surface area (Å²) < 4.78 is 80.3. The number of hydrogen-bond acceptors (Lipinski definition) is 6. The fraction of sp³-hybridized carbons (Fsp3) is 0.440. The number of piperidine rings is 1. The molecule has 0 radical (unpaired) electrons. The van der Waals surface area contributed by atoms with Crippen molar-refractivity contribution >= 4 is 23.1 Å². The van der Waals surface area contributed by atoms with E-state index in [0.29, 0.717) is 18.0 Å². The first-order valence-electron chi connectivity index (χ1n) is 11.6. The number of nitrogens with zero attached hydrogens (tertiary/aromatic N) is 3. The van der Waals surface area contributed by atoms with Gasteiger partial charge in [-0.3, -0.25) is 9.80 Å². The molecule has 4 atom stereocenters. The monoisotopic (exact) mass is 527 g/mol. The van der Waals surface area contributed by atoms with Gasteiger partial charge in [-0.15, -0.1) is 0 Å². The van der Waals surface area contributed by atoms with E-state index >= 15 is 0 Å². The number of anilines is 2. The van der Waals surface area contributed by atoms with E-state index in [9.17, 15) is 31.9 Å². The van der Waals surface area contributed by atoms with Crippen LogP contribution in [0.3, 0.4) is 0 Å². The van der Waals surface area contributed by atoms with Crippen molar-refractivity contribution in [2.24, 2.45) is 11.0 Å². The predicted molar refractivity (Wildman–Crippen MR) is 127 cm³/mol. The van der Waals surface area contributed by atoms with Gasteiger partial charge in [0, 0.05) is 24.9 Å². The number of hydrogen-bond donors (Lipinski definition) is 1. The van der Waals surface area contributed by atoms with Gasteiger partial charge >= 0.3 is 12.1 Å². The van der Waals surface area contributed by atoms with Crippen LogP contribution in [0.2, 0.25) is 0 Å². The van der Waals surface area contributed by atoms with Crippen LogP contribution in [0.15, 0.2) is 47.6 Å². The Labute approximate surface area is 210 Å². The standard InChI is InChI=1S/C25H26F5N3O4/c1-14-20(12-23(34)35)33(31-24(14)25(28,29)30)15-3-5-16(6-4-15)37-22-9-10-32(13-19(22)27)21-11-17(36-2)7-8-18(21)26/h3-8,11,14,19-20,22H,9-10,12-13H2,1-2H3,(H,34,35)/t14-,19-,20-,22-/m0/s1. The second-order valence-corrected chi connectivity index (χ2v) is 9.00. The van der Waals surface area contributed by atoms with Gasteiger partial charge in [0.05, 0.1) is 37.5 Å². The van der Waals surface area contributed by atoms with Gasteiger partial charge < -0.3 is 19.5 Å². The summed E-state index contributed by atoms with van der Waals surface area (Å²) in [7, 11) is 1.46. The van der Waals surface area contributed by atoms with Crippen molar-refractivity contribution in [1.82, 2.24) is 0 Å². The van der Waals surface area contributed by atoms with E-state index < -0.39 is 54.3 Å². The molecule has 0 bridgehead atoms. The van der Waals surface area contributed by atoms with E-state index in [1.807, 2.05) is 0 Å². The van der Waals surface area contributed by atoms with Crippen LogP contribution in [0.25, 0.3) is 0 Å². The summed E-state index contributed by atoms with van der Waals surface area (Å²) in [6.45, 7) is 1.54. The van der Waals surface area contributed by atoms with Gasteiger partial charge in [0.25, 0.3) is 0 Å². The van der Waals surface area contributed by atoms with Crippen molar-refractivity contribution in [3.05, 3.63) is 48.3 Å². The summed E-state index contributed by atoms with van der Waals surface area (Å²) in [5.74, 6) is -2.13. The largest absolute Gasteiger partial charge is 0.497 e. The maximum absolute atomic E-state index is 15.0. The Kier molecular flexibility index (Phi) is 7.47. The van der Waals surface area contributed by atoms with Crippen LogP contribution in [0.1, 0.15) is 19.8 Å². The number of rotatable bonds is 7. The molecule has 0 saturated carbocycles. The third-order valence-corrected chi connectivity index (χ3v) is 6.58. The molecule has 1 N–H and O–H groups in total. The highest BCUT2D eigenvalue weighted by Gasteiger charge is 2.48. The molecule has 2 heterocycles. The third kappa shape index (κ3) is 5.72. The molecule has 0 amide bonds. The molecule has 0 aliphatic carbocycles. The Morgan fingerprint density at radius 3 is 2.43 bits per heavy atom. The number of alkyl halides is 4. The maximum Gasteiger partial charge on any atom is 0.431 e. The summed E-state index contributed by atoms with van der Waals surface area (Å²) in [4.78, 5) is 12.8. The molecule has 2 aromatic carbocycles. The van der Waals surface area contributed by atoms with Crippen LogP contribution < -0.4 is 19.4 Å². The Bertz CT molecular complexity index is 1160. The van der Waals surface area contributed by atoms with Crippen molar-refractivity contribution in [3.8, 4) is 11.5 Å². The van der Waals surface area contributed by atoms with Gasteiger partial charge in [-0.2, -0.15) is 18.3 Å². The lowest BCUT2D eigenvalue weighted by atomic mass is 9.94. The number of halogens is 5. The molecule has 0 unspecified atom stereocenters. The van der Waals surface area contributed by atoms with E-state index in [1.54, 1.807) is 4.90 Å². The number of carboxylic acid groups (broad SMARTS) is 1. The Hall–Kier alpha value is -3.57. The fourth-order valence-corrected chi connectivity index (χ4v) is 4.63. The average molecular weight is 527 g/mol. The van der Waals surface area contributed by atoms with E-state index in [0.717, 1.165) is 5.01 Å². The maximum atomic E-state index is 15.0. The zero-order chi connectivity index (χ0) is 26.9. The predicted octanol–water partition coefficient (Wildman–Crippen LogP) is 5.05. The minimum absolute atomic E-state index is 0.0930. The molecule has 2 aromatic rings. The zero-order valence-corrected chi connectivity index (χ0v) is 20.1. The molecule has 7 nitrogen and oxygen atoms in total. The van der Waals surface area contributed by atoms with Crippen LogP contribution >= 0.6 is 0 Å². The van der Waals surface area contributed by atoms with E-state index in [2.05, 4.69) is 5.10 Å². The highest BCUT2D eigenvalue weighted by molar-refractivity contribution is 5.95. The third-order valence-electron chi connectivity index (χ3n) is 6.58. The molecule has 1 saturated heterocycles. The van der Waals surface area contributed by atoms with Crippen molar-refractivity contribution in [1.29, 1.82) is 0 Å². The van der Waals surface area contributed by atoms with Crippen LogP contribution in [0.5, 0.6) is 11.5 Å². The second kappa shape index (κ2) is 10.4. The highest BCUT2D eigenvalue weighted by atomic mass is 19.4. The summed E-state index contributed by atoms with van der Waals surface area (Å²) in [6.07, 6.45) is -7.19.